The molecule has 1 atom stereocenters. The van der Waals surface area contributed by atoms with Crippen LogP contribution in [0.4, 0.5) is 11.4 Å². The molecule has 3 amide bonds. The first-order chi connectivity index (χ1) is 15.1. The lowest BCUT2D eigenvalue weighted by Crippen LogP contribution is -2.28. The molecule has 1 aliphatic heterocycles. The number of nitrogens with one attached hydrogen (secondary N) is 2. The van der Waals surface area contributed by atoms with Crippen LogP contribution < -0.4 is 10.6 Å². The van der Waals surface area contributed by atoms with E-state index in [1.165, 1.54) is 0 Å². The van der Waals surface area contributed by atoms with Crippen molar-refractivity contribution in [3.8, 4) is 0 Å². The van der Waals surface area contributed by atoms with Crippen LogP contribution in [0.5, 0.6) is 0 Å². The van der Waals surface area contributed by atoms with Crippen LogP contribution in [0.25, 0.3) is 0 Å². The summed E-state index contributed by atoms with van der Waals surface area (Å²) in [6, 6.07) is 21.4. The second-order valence-electron chi connectivity index (χ2n) is 7.35. The van der Waals surface area contributed by atoms with Crippen molar-refractivity contribution in [2.45, 2.75) is 13.0 Å². The molecule has 31 heavy (non-hydrogen) atoms. The average Bonchev–Trinajstić information content (AvgIpc) is 3.16. The first-order valence-electron chi connectivity index (χ1n) is 10.0. The van der Waals surface area contributed by atoms with Gasteiger partial charge in [0, 0.05) is 24.7 Å². The normalized spacial score (nSPS) is 15.5. The molecule has 2 aromatic carbocycles. The maximum absolute atomic E-state index is 12.8. The maximum Gasteiger partial charge on any atom is 0.255 e. The van der Waals surface area contributed by atoms with Crippen molar-refractivity contribution in [3.05, 3.63) is 90.3 Å². The van der Waals surface area contributed by atoms with Gasteiger partial charge in [0.05, 0.1) is 29.5 Å². The second-order valence-corrected chi connectivity index (χ2v) is 7.35. The van der Waals surface area contributed by atoms with Crippen LogP contribution >= 0.6 is 0 Å². The standard InChI is InChI=1S/C24H22N4O3/c29-22-14-18(15-28(22)16-19-10-6-7-13-25-19)24(31)27-21-12-5-4-11-20(21)26-23(30)17-8-2-1-3-9-17/h1-13,18H,14-16H2,(H,26,30)(H,27,31). The molecule has 1 saturated heterocycles. The highest BCUT2D eigenvalue weighted by molar-refractivity contribution is 6.07. The van der Waals surface area contributed by atoms with E-state index < -0.39 is 5.92 Å². The zero-order valence-corrected chi connectivity index (χ0v) is 16.8. The fraction of sp³-hybridized carbons (Fsp3) is 0.167. The van der Waals surface area contributed by atoms with E-state index in [9.17, 15) is 14.4 Å². The van der Waals surface area contributed by atoms with Crippen LogP contribution in [0.1, 0.15) is 22.5 Å². The molecule has 3 aromatic rings. The monoisotopic (exact) mass is 414 g/mol. The predicted molar refractivity (Wildman–Crippen MR) is 117 cm³/mol. The third-order valence-corrected chi connectivity index (χ3v) is 5.13. The third-order valence-electron chi connectivity index (χ3n) is 5.13. The van der Waals surface area contributed by atoms with E-state index in [0.717, 1.165) is 5.69 Å². The minimum absolute atomic E-state index is 0.0727. The Bertz CT molecular complexity index is 1090. The first kappa shape index (κ1) is 20.3. The average molecular weight is 414 g/mol. The lowest BCUT2D eigenvalue weighted by molar-refractivity contribution is -0.128. The van der Waals surface area contributed by atoms with E-state index in [-0.39, 0.29) is 24.1 Å². The molecule has 0 bridgehead atoms. The van der Waals surface area contributed by atoms with Crippen LogP contribution in [0.15, 0.2) is 79.0 Å². The van der Waals surface area contributed by atoms with E-state index in [4.69, 9.17) is 0 Å². The molecular weight excluding hydrogens is 392 g/mol. The number of nitrogens with zero attached hydrogens (tertiary/aromatic N) is 2. The molecule has 2 heterocycles. The Labute approximate surface area is 180 Å². The summed E-state index contributed by atoms with van der Waals surface area (Å²) in [7, 11) is 0. The van der Waals surface area contributed by atoms with E-state index in [0.29, 0.717) is 30.0 Å². The van der Waals surface area contributed by atoms with E-state index >= 15 is 0 Å². The minimum Gasteiger partial charge on any atom is -0.336 e. The van der Waals surface area contributed by atoms with Gasteiger partial charge in [-0.1, -0.05) is 36.4 Å². The Morgan fingerprint density at radius 2 is 1.58 bits per heavy atom. The summed E-state index contributed by atoms with van der Waals surface area (Å²) in [5, 5.41) is 5.70. The van der Waals surface area contributed by atoms with E-state index in [2.05, 4.69) is 15.6 Å². The molecule has 0 radical (unpaired) electrons. The number of carbonyl (C=O) groups excluding carboxylic acids is 3. The van der Waals surface area contributed by atoms with Crippen LogP contribution in [-0.2, 0) is 16.1 Å². The van der Waals surface area contributed by atoms with Crippen LogP contribution in [0, 0.1) is 5.92 Å². The molecule has 7 nitrogen and oxygen atoms in total. The van der Waals surface area contributed by atoms with Gasteiger partial charge < -0.3 is 15.5 Å². The topological polar surface area (TPSA) is 91.4 Å². The van der Waals surface area contributed by atoms with Gasteiger partial charge in [-0.2, -0.15) is 0 Å². The van der Waals surface area contributed by atoms with Gasteiger partial charge in [-0.15, -0.1) is 0 Å². The Morgan fingerprint density at radius 3 is 2.29 bits per heavy atom. The molecule has 4 rings (SSSR count). The highest BCUT2D eigenvalue weighted by Gasteiger charge is 2.34. The number of carbonyl (C=O) groups is 3. The molecule has 156 valence electrons. The molecule has 0 spiro atoms. The molecule has 1 aromatic heterocycles. The van der Waals surface area contributed by atoms with Gasteiger partial charge in [0.15, 0.2) is 0 Å². The number of benzene rings is 2. The number of amides is 3. The summed E-state index contributed by atoms with van der Waals surface area (Å²) < 4.78 is 0. The van der Waals surface area contributed by atoms with Gasteiger partial charge in [-0.25, -0.2) is 0 Å². The number of aromatic nitrogens is 1. The summed E-state index contributed by atoms with van der Waals surface area (Å²) >= 11 is 0. The quantitative estimate of drug-likeness (QED) is 0.647. The van der Waals surface area contributed by atoms with Crippen molar-refractivity contribution in [1.82, 2.24) is 9.88 Å². The molecular formula is C24H22N4O3. The predicted octanol–water partition coefficient (Wildman–Crippen LogP) is 3.32. The minimum atomic E-state index is -0.464. The largest absolute Gasteiger partial charge is 0.336 e. The number of hydrogen-bond acceptors (Lipinski definition) is 4. The maximum atomic E-state index is 12.8. The van der Waals surface area contributed by atoms with Crippen molar-refractivity contribution < 1.29 is 14.4 Å². The van der Waals surface area contributed by atoms with Gasteiger partial charge in [0.1, 0.15) is 0 Å². The van der Waals surface area contributed by atoms with Crippen LogP contribution in [0.3, 0.4) is 0 Å². The lowest BCUT2D eigenvalue weighted by atomic mass is 10.1. The number of hydrogen-bond donors (Lipinski definition) is 2. The van der Waals surface area contributed by atoms with Crippen molar-refractivity contribution in [3.63, 3.8) is 0 Å². The van der Waals surface area contributed by atoms with Crippen molar-refractivity contribution in [2.75, 3.05) is 17.2 Å². The summed E-state index contributed by atoms with van der Waals surface area (Å²) in [6.07, 6.45) is 1.83. The van der Waals surface area contributed by atoms with E-state index in [1.807, 2.05) is 24.3 Å². The van der Waals surface area contributed by atoms with Gasteiger partial charge in [0.25, 0.3) is 5.91 Å². The molecule has 0 saturated carbocycles. The fourth-order valence-electron chi connectivity index (χ4n) is 3.51. The van der Waals surface area contributed by atoms with Crippen LogP contribution in [0.2, 0.25) is 0 Å². The van der Waals surface area contributed by atoms with Crippen LogP contribution in [-0.4, -0.2) is 34.2 Å². The SMILES string of the molecule is O=C(Nc1ccccc1NC(=O)C1CC(=O)N(Cc2ccccn2)C1)c1ccccc1. The molecule has 1 fully saturated rings. The second kappa shape index (κ2) is 9.21. The Hall–Kier alpha value is -4.00. The number of rotatable bonds is 6. The van der Waals surface area contributed by atoms with Gasteiger partial charge in [-0.05, 0) is 36.4 Å². The van der Waals surface area contributed by atoms with Gasteiger partial charge >= 0.3 is 0 Å². The summed E-state index contributed by atoms with van der Waals surface area (Å²) in [5.74, 6) is -1.05. The zero-order valence-electron chi connectivity index (χ0n) is 16.8. The molecule has 7 heteroatoms. The molecule has 0 aliphatic carbocycles. The molecule has 1 unspecified atom stereocenters. The van der Waals surface area contributed by atoms with E-state index in [1.54, 1.807) is 59.6 Å². The zero-order chi connectivity index (χ0) is 21.6. The number of pyridine rings is 1. The van der Waals surface area contributed by atoms with Crippen molar-refractivity contribution in [2.24, 2.45) is 5.92 Å². The number of para-hydroxylation sites is 2. The first-order valence-corrected chi connectivity index (χ1v) is 10.0. The number of likely N-dealkylation sites (tertiary alicyclic amines) is 1. The third kappa shape index (κ3) is 4.95. The Morgan fingerprint density at radius 1 is 0.903 bits per heavy atom. The Kier molecular flexibility index (Phi) is 6.03. The van der Waals surface area contributed by atoms with Gasteiger partial charge in [0.2, 0.25) is 11.8 Å². The summed E-state index contributed by atoms with van der Waals surface area (Å²) in [6.45, 7) is 0.715. The summed E-state index contributed by atoms with van der Waals surface area (Å²) in [5.41, 5.74) is 2.30. The Balaban J connectivity index is 1.41. The van der Waals surface area contributed by atoms with Crippen molar-refractivity contribution >= 4 is 29.1 Å². The smallest absolute Gasteiger partial charge is 0.255 e. The summed E-state index contributed by atoms with van der Waals surface area (Å²) in [4.78, 5) is 43.6. The number of anilines is 2. The molecule has 2 N–H and O–H groups in total. The van der Waals surface area contributed by atoms with Crippen molar-refractivity contribution in [1.29, 1.82) is 0 Å². The highest BCUT2D eigenvalue weighted by atomic mass is 16.2. The fourth-order valence-corrected chi connectivity index (χ4v) is 3.51. The lowest BCUT2D eigenvalue weighted by Gasteiger charge is -2.17. The van der Waals surface area contributed by atoms with Gasteiger partial charge in [-0.3, -0.25) is 19.4 Å². The highest BCUT2D eigenvalue weighted by Crippen LogP contribution is 2.25. The molecule has 1 aliphatic rings.